The molecule has 0 spiro atoms. The van der Waals surface area contributed by atoms with Crippen molar-refractivity contribution in [2.24, 2.45) is 0 Å². The highest BCUT2D eigenvalue weighted by Gasteiger charge is 2.28. The van der Waals surface area contributed by atoms with Gasteiger partial charge in [-0.3, -0.25) is 9.69 Å². The van der Waals surface area contributed by atoms with Crippen molar-refractivity contribution in [3.05, 3.63) is 29.6 Å². The van der Waals surface area contributed by atoms with Gasteiger partial charge in [-0.25, -0.2) is 9.18 Å². The zero-order valence-electron chi connectivity index (χ0n) is 18.5. The van der Waals surface area contributed by atoms with Crippen LogP contribution in [-0.4, -0.2) is 91.6 Å². The van der Waals surface area contributed by atoms with Crippen LogP contribution in [0.1, 0.15) is 31.2 Å². The fourth-order valence-electron chi connectivity index (χ4n) is 4.81. The summed E-state index contributed by atoms with van der Waals surface area (Å²) in [4.78, 5) is 33.1. The molecule has 170 valence electrons. The summed E-state index contributed by atoms with van der Waals surface area (Å²) in [6, 6.07) is 5.13. The second-order valence-corrected chi connectivity index (χ2v) is 9.04. The Bertz CT molecular complexity index is 790. The van der Waals surface area contributed by atoms with Crippen molar-refractivity contribution < 1.29 is 14.0 Å². The van der Waals surface area contributed by atoms with Crippen molar-refractivity contribution in [1.82, 2.24) is 20.0 Å². The van der Waals surface area contributed by atoms with Crippen LogP contribution in [0, 0.1) is 12.7 Å². The smallest absolute Gasteiger partial charge is 0.317 e. The maximum absolute atomic E-state index is 14.3. The number of nitrogens with zero attached hydrogens (tertiary/aromatic N) is 4. The Morgan fingerprint density at radius 2 is 1.74 bits per heavy atom. The van der Waals surface area contributed by atoms with E-state index in [-0.39, 0.29) is 23.8 Å². The number of rotatable bonds is 4. The van der Waals surface area contributed by atoms with Gasteiger partial charge in [0, 0.05) is 58.4 Å². The molecule has 7 nitrogen and oxygen atoms in total. The second kappa shape index (κ2) is 9.85. The van der Waals surface area contributed by atoms with Crippen molar-refractivity contribution >= 4 is 17.6 Å². The monoisotopic (exact) mass is 431 g/mol. The molecule has 3 saturated heterocycles. The van der Waals surface area contributed by atoms with Gasteiger partial charge in [-0.05, 0) is 50.3 Å². The molecular weight excluding hydrogens is 397 g/mol. The summed E-state index contributed by atoms with van der Waals surface area (Å²) in [5.74, 6) is -0.00162. The van der Waals surface area contributed by atoms with Crippen LogP contribution >= 0.6 is 0 Å². The number of halogens is 1. The first-order valence-corrected chi connectivity index (χ1v) is 11.6. The Morgan fingerprint density at radius 1 is 1.00 bits per heavy atom. The third kappa shape index (κ3) is 5.47. The fraction of sp³-hybridized carbons (Fsp3) is 0.652. The summed E-state index contributed by atoms with van der Waals surface area (Å²) >= 11 is 0. The number of piperazine rings is 1. The van der Waals surface area contributed by atoms with Crippen molar-refractivity contribution in [1.29, 1.82) is 0 Å². The SMILES string of the molecule is Cc1ccc(F)c(N2CCCC(NC(=O)N3CCN(CC(=O)N4CCCC4)CC3)C2)c1. The molecule has 0 saturated carbocycles. The molecule has 3 fully saturated rings. The van der Waals surface area contributed by atoms with Gasteiger partial charge in [-0.2, -0.15) is 0 Å². The minimum Gasteiger partial charge on any atom is -0.367 e. The predicted molar refractivity (Wildman–Crippen MR) is 119 cm³/mol. The van der Waals surface area contributed by atoms with E-state index >= 15 is 0 Å². The quantitative estimate of drug-likeness (QED) is 0.793. The Balaban J connectivity index is 1.24. The van der Waals surface area contributed by atoms with Crippen LogP contribution in [0.4, 0.5) is 14.9 Å². The molecular formula is C23H34FN5O2. The summed E-state index contributed by atoms with van der Waals surface area (Å²) in [6.45, 7) is 8.30. The fourth-order valence-corrected chi connectivity index (χ4v) is 4.81. The number of likely N-dealkylation sites (tertiary alicyclic amines) is 1. The van der Waals surface area contributed by atoms with E-state index < -0.39 is 0 Å². The summed E-state index contributed by atoms with van der Waals surface area (Å²) < 4.78 is 14.3. The molecule has 3 heterocycles. The lowest BCUT2D eigenvalue weighted by molar-refractivity contribution is -0.131. The highest BCUT2D eigenvalue weighted by atomic mass is 19.1. The highest BCUT2D eigenvalue weighted by molar-refractivity contribution is 5.78. The Morgan fingerprint density at radius 3 is 2.48 bits per heavy atom. The average molecular weight is 432 g/mol. The largest absolute Gasteiger partial charge is 0.367 e. The van der Waals surface area contributed by atoms with E-state index in [9.17, 15) is 14.0 Å². The number of hydrogen-bond donors (Lipinski definition) is 1. The molecule has 1 unspecified atom stereocenters. The zero-order chi connectivity index (χ0) is 21.8. The number of piperidine rings is 1. The van der Waals surface area contributed by atoms with E-state index in [1.54, 1.807) is 6.07 Å². The molecule has 0 aromatic heterocycles. The molecule has 0 aliphatic carbocycles. The molecule has 8 heteroatoms. The van der Waals surface area contributed by atoms with Crippen molar-refractivity contribution in [2.45, 2.75) is 38.6 Å². The van der Waals surface area contributed by atoms with E-state index in [0.29, 0.717) is 31.9 Å². The molecule has 1 N–H and O–H groups in total. The minimum atomic E-state index is -0.211. The molecule has 3 amide bonds. The molecule has 1 atom stereocenters. The van der Waals surface area contributed by atoms with Gasteiger partial charge in [0.05, 0.1) is 12.2 Å². The number of aryl methyl sites for hydroxylation is 1. The minimum absolute atomic E-state index is 0.0101. The number of carbonyl (C=O) groups excluding carboxylic acids is 2. The van der Waals surface area contributed by atoms with Crippen LogP contribution < -0.4 is 10.2 Å². The number of carbonyl (C=O) groups is 2. The highest BCUT2D eigenvalue weighted by Crippen LogP contribution is 2.24. The zero-order valence-corrected chi connectivity index (χ0v) is 18.5. The number of urea groups is 1. The van der Waals surface area contributed by atoms with E-state index in [0.717, 1.165) is 64.0 Å². The number of anilines is 1. The van der Waals surface area contributed by atoms with Gasteiger partial charge in [-0.15, -0.1) is 0 Å². The third-order valence-electron chi connectivity index (χ3n) is 6.67. The molecule has 4 rings (SSSR count). The van der Waals surface area contributed by atoms with Crippen LogP contribution in [0.5, 0.6) is 0 Å². The second-order valence-electron chi connectivity index (χ2n) is 9.04. The van der Waals surface area contributed by atoms with Gasteiger partial charge in [-0.1, -0.05) is 6.07 Å². The topological polar surface area (TPSA) is 59.1 Å². The normalized spacial score (nSPS) is 22.6. The number of nitrogens with one attached hydrogen (secondary N) is 1. The third-order valence-corrected chi connectivity index (χ3v) is 6.67. The first kappa shape index (κ1) is 21.9. The molecule has 1 aromatic carbocycles. The van der Waals surface area contributed by atoms with Crippen LogP contribution in [0.25, 0.3) is 0 Å². The lowest BCUT2D eigenvalue weighted by Gasteiger charge is -2.38. The lowest BCUT2D eigenvalue weighted by atomic mass is 10.0. The van der Waals surface area contributed by atoms with E-state index in [4.69, 9.17) is 0 Å². The van der Waals surface area contributed by atoms with Crippen LogP contribution in [0.3, 0.4) is 0 Å². The van der Waals surface area contributed by atoms with Gasteiger partial charge < -0.3 is 20.0 Å². The summed E-state index contributed by atoms with van der Waals surface area (Å²) in [5.41, 5.74) is 1.65. The Kier molecular flexibility index (Phi) is 6.95. The first-order chi connectivity index (χ1) is 15.0. The van der Waals surface area contributed by atoms with Gasteiger partial charge >= 0.3 is 6.03 Å². The van der Waals surface area contributed by atoms with Gasteiger partial charge in [0.15, 0.2) is 0 Å². The molecule has 0 radical (unpaired) electrons. The maximum Gasteiger partial charge on any atom is 0.317 e. The van der Waals surface area contributed by atoms with Crippen LogP contribution in [-0.2, 0) is 4.79 Å². The molecule has 3 aliphatic rings. The number of benzene rings is 1. The van der Waals surface area contributed by atoms with E-state index in [1.165, 1.54) is 6.07 Å². The first-order valence-electron chi connectivity index (χ1n) is 11.6. The number of amides is 3. The van der Waals surface area contributed by atoms with Crippen LogP contribution in [0.2, 0.25) is 0 Å². The summed E-state index contributed by atoms with van der Waals surface area (Å²) in [6.07, 6.45) is 4.04. The van der Waals surface area contributed by atoms with Crippen molar-refractivity contribution in [3.63, 3.8) is 0 Å². The van der Waals surface area contributed by atoms with E-state index in [1.807, 2.05) is 27.7 Å². The van der Waals surface area contributed by atoms with Gasteiger partial charge in [0.1, 0.15) is 5.82 Å². The van der Waals surface area contributed by atoms with E-state index in [2.05, 4.69) is 10.2 Å². The Hall–Kier alpha value is -2.35. The van der Waals surface area contributed by atoms with Crippen LogP contribution in [0.15, 0.2) is 18.2 Å². The summed E-state index contributed by atoms with van der Waals surface area (Å²) in [7, 11) is 0. The maximum atomic E-state index is 14.3. The molecule has 0 bridgehead atoms. The lowest BCUT2D eigenvalue weighted by Crippen LogP contribution is -2.56. The predicted octanol–water partition coefficient (Wildman–Crippen LogP) is 2.05. The number of hydrogen-bond acceptors (Lipinski definition) is 4. The van der Waals surface area contributed by atoms with Crippen molar-refractivity contribution in [2.75, 3.05) is 63.8 Å². The van der Waals surface area contributed by atoms with Gasteiger partial charge in [0.2, 0.25) is 5.91 Å². The Labute approximate surface area is 184 Å². The molecule has 1 aromatic rings. The standard InChI is InChI=1S/C23H34FN5O2/c1-18-6-7-20(24)21(15-18)29-10-4-5-19(16-29)25-23(31)28-13-11-26(12-14-28)17-22(30)27-8-2-3-9-27/h6-7,15,19H,2-5,8-14,16-17H2,1H3,(H,25,31). The molecule has 3 aliphatic heterocycles. The average Bonchev–Trinajstić information content (AvgIpc) is 3.31. The molecule has 31 heavy (non-hydrogen) atoms. The van der Waals surface area contributed by atoms with Crippen molar-refractivity contribution in [3.8, 4) is 0 Å². The van der Waals surface area contributed by atoms with Gasteiger partial charge in [0.25, 0.3) is 0 Å². The summed E-state index contributed by atoms with van der Waals surface area (Å²) in [5, 5.41) is 3.15.